The van der Waals surface area contributed by atoms with Gasteiger partial charge < -0.3 is 9.64 Å². The van der Waals surface area contributed by atoms with Crippen LogP contribution >= 0.6 is 0 Å². The van der Waals surface area contributed by atoms with E-state index in [1.54, 1.807) is 0 Å². The number of ether oxygens (including phenoxy) is 1. The monoisotopic (exact) mass is 327 g/mol. The zero-order chi connectivity index (χ0) is 17.3. The Morgan fingerprint density at radius 1 is 1.17 bits per heavy atom. The largest absolute Gasteiger partial charge is 0.372 e. The summed E-state index contributed by atoms with van der Waals surface area (Å²) >= 11 is 0. The summed E-state index contributed by atoms with van der Waals surface area (Å²) in [6.45, 7) is 10.1. The molecule has 1 aliphatic heterocycles. The summed E-state index contributed by atoms with van der Waals surface area (Å²) in [4.78, 5) is 14.6. The molecule has 1 amide bonds. The molecule has 0 bridgehead atoms. The number of hydrogen-bond acceptors (Lipinski definition) is 3. The van der Waals surface area contributed by atoms with Crippen LogP contribution in [0, 0.1) is 13.8 Å². The first-order valence-electron chi connectivity index (χ1n) is 8.47. The van der Waals surface area contributed by atoms with E-state index in [0.29, 0.717) is 13.1 Å². The van der Waals surface area contributed by atoms with Crippen molar-refractivity contribution in [3.63, 3.8) is 0 Å². The summed E-state index contributed by atoms with van der Waals surface area (Å²) in [5, 5.41) is 4.48. The standard InChI is InChI=1S/C19H25N3O2/c1-13-9-14(2)22(20-13)12-17-5-7-18(8-6-17)19(23)21-10-15(3)24-16(4)11-21/h5-9,15-16H,10-12H2,1-4H3. The topological polar surface area (TPSA) is 47.4 Å². The molecule has 0 saturated carbocycles. The second kappa shape index (κ2) is 6.77. The number of carbonyl (C=O) groups excluding carboxylic acids is 1. The Kier molecular flexibility index (Phi) is 4.71. The van der Waals surface area contributed by atoms with Crippen LogP contribution < -0.4 is 0 Å². The van der Waals surface area contributed by atoms with Crippen LogP contribution in [0.5, 0.6) is 0 Å². The Hall–Kier alpha value is -2.14. The third-order valence-corrected chi connectivity index (χ3v) is 4.34. The van der Waals surface area contributed by atoms with Gasteiger partial charge in [-0.1, -0.05) is 12.1 Å². The maximum Gasteiger partial charge on any atom is 0.254 e. The lowest BCUT2D eigenvalue weighted by Crippen LogP contribution is -2.48. The predicted molar refractivity (Wildman–Crippen MR) is 93.2 cm³/mol. The maximum absolute atomic E-state index is 12.7. The van der Waals surface area contributed by atoms with Gasteiger partial charge in [0, 0.05) is 24.3 Å². The Morgan fingerprint density at radius 3 is 2.33 bits per heavy atom. The van der Waals surface area contributed by atoms with Crippen molar-refractivity contribution in [1.29, 1.82) is 0 Å². The molecule has 0 aliphatic carbocycles. The Labute approximate surface area is 143 Å². The fourth-order valence-corrected chi connectivity index (χ4v) is 3.29. The van der Waals surface area contributed by atoms with Crippen LogP contribution in [0.4, 0.5) is 0 Å². The molecule has 2 unspecified atom stereocenters. The average Bonchev–Trinajstić information content (AvgIpc) is 2.84. The van der Waals surface area contributed by atoms with E-state index in [1.807, 2.05) is 54.6 Å². The number of hydrogen-bond donors (Lipinski definition) is 0. The van der Waals surface area contributed by atoms with Crippen LogP contribution in [-0.4, -0.2) is 45.9 Å². The first-order chi connectivity index (χ1) is 11.4. The van der Waals surface area contributed by atoms with Gasteiger partial charge in [-0.25, -0.2) is 0 Å². The lowest BCUT2D eigenvalue weighted by atomic mass is 10.1. The zero-order valence-corrected chi connectivity index (χ0v) is 14.8. The number of carbonyl (C=O) groups is 1. The smallest absolute Gasteiger partial charge is 0.254 e. The van der Waals surface area contributed by atoms with E-state index in [9.17, 15) is 4.79 Å². The van der Waals surface area contributed by atoms with E-state index in [2.05, 4.69) is 18.1 Å². The summed E-state index contributed by atoms with van der Waals surface area (Å²) in [5.41, 5.74) is 4.04. The molecule has 2 atom stereocenters. The van der Waals surface area contributed by atoms with E-state index >= 15 is 0 Å². The minimum atomic E-state index is 0.0784. The van der Waals surface area contributed by atoms with E-state index in [0.717, 1.165) is 29.1 Å². The third-order valence-electron chi connectivity index (χ3n) is 4.34. The Bertz CT molecular complexity index is 711. The number of amides is 1. The van der Waals surface area contributed by atoms with Crippen LogP contribution in [0.15, 0.2) is 30.3 Å². The summed E-state index contributed by atoms with van der Waals surface area (Å²) < 4.78 is 7.68. The lowest BCUT2D eigenvalue weighted by Gasteiger charge is -2.35. The van der Waals surface area contributed by atoms with Gasteiger partial charge in [-0.3, -0.25) is 9.48 Å². The maximum atomic E-state index is 12.7. The first kappa shape index (κ1) is 16.7. The average molecular weight is 327 g/mol. The molecule has 1 saturated heterocycles. The number of rotatable bonds is 3. The molecule has 1 aliphatic rings. The Balaban J connectivity index is 1.70. The SMILES string of the molecule is Cc1cc(C)n(Cc2ccc(C(=O)N3CC(C)OC(C)C3)cc2)n1. The van der Waals surface area contributed by atoms with Gasteiger partial charge in [-0.15, -0.1) is 0 Å². The van der Waals surface area contributed by atoms with Crippen molar-refractivity contribution < 1.29 is 9.53 Å². The van der Waals surface area contributed by atoms with Crippen LogP contribution in [0.2, 0.25) is 0 Å². The first-order valence-corrected chi connectivity index (χ1v) is 8.47. The molecule has 2 aromatic rings. The van der Waals surface area contributed by atoms with E-state index < -0.39 is 0 Å². The number of benzene rings is 1. The van der Waals surface area contributed by atoms with Gasteiger partial charge in [-0.05, 0) is 51.5 Å². The van der Waals surface area contributed by atoms with Crippen LogP contribution in [0.1, 0.15) is 41.2 Å². The van der Waals surface area contributed by atoms with Gasteiger partial charge >= 0.3 is 0 Å². The summed E-state index contributed by atoms with van der Waals surface area (Å²) in [5.74, 6) is 0.0784. The molecular weight excluding hydrogens is 302 g/mol. The van der Waals surface area contributed by atoms with Crippen molar-refractivity contribution in [3.8, 4) is 0 Å². The zero-order valence-electron chi connectivity index (χ0n) is 14.8. The van der Waals surface area contributed by atoms with Crippen molar-refractivity contribution in [2.24, 2.45) is 0 Å². The molecule has 0 radical (unpaired) electrons. The molecule has 1 fully saturated rings. The van der Waals surface area contributed by atoms with Gasteiger partial charge in [0.2, 0.25) is 0 Å². The fourth-order valence-electron chi connectivity index (χ4n) is 3.29. The van der Waals surface area contributed by atoms with Gasteiger partial charge in [-0.2, -0.15) is 5.10 Å². The molecule has 24 heavy (non-hydrogen) atoms. The summed E-state index contributed by atoms with van der Waals surface area (Å²) in [7, 11) is 0. The van der Waals surface area contributed by atoms with E-state index in [1.165, 1.54) is 0 Å². The van der Waals surface area contributed by atoms with E-state index in [-0.39, 0.29) is 18.1 Å². The van der Waals surface area contributed by atoms with Gasteiger partial charge in [0.15, 0.2) is 0 Å². The van der Waals surface area contributed by atoms with Gasteiger partial charge in [0.05, 0.1) is 24.4 Å². The number of aromatic nitrogens is 2. The molecule has 3 rings (SSSR count). The third kappa shape index (κ3) is 3.67. The summed E-state index contributed by atoms with van der Waals surface area (Å²) in [6.07, 6.45) is 0.172. The summed E-state index contributed by atoms with van der Waals surface area (Å²) in [6, 6.07) is 9.91. The highest BCUT2D eigenvalue weighted by Crippen LogP contribution is 2.15. The van der Waals surface area contributed by atoms with Crippen LogP contribution in [-0.2, 0) is 11.3 Å². The van der Waals surface area contributed by atoms with Crippen molar-refractivity contribution in [3.05, 3.63) is 52.8 Å². The molecule has 5 nitrogen and oxygen atoms in total. The number of aryl methyl sites for hydroxylation is 2. The van der Waals surface area contributed by atoms with Crippen molar-refractivity contribution in [2.45, 2.75) is 46.4 Å². The number of morpholine rings is 1. The van der Waals surface area contributed by atoms with Crippen molar-refractivity contribution >= 4 is 5.91 Å². The van der Waals surface area contributed by atoms with Crippen LogP contribution in [0.25, 0.3) is 0 Å². The quantitative estimate of drug-likeness (QED) is 0.871. The normalized spacial score (nSPS) is 21.1. The predicted octanol–water partition coefficient (Wildman–Crippen LogP) is 2.80. The molecule has 5 heteroatoms. The van der Waals surface area contributed by atoms with Crippen LogP contribution in [0.3, 0.4) is 0 Å². The Morgan fingerprint density at radius 2 is 1.79 bits per heavy atom. The lowest BCUT2D eigenvalue weighted by molar-refractivity contribution is -0.0586. The van der Waals surface area contributed by atoms with Gasteiger partial charge in [0.25, 0.3) is 5.91 Å². The molecule has 0 spiro atoms. The minimum absolute atomic E-state index is 0.0784. The minimum Gasteiger partial charge on any atom is -0.372 e. The van der Waals surface area contributed by atoms with Crippen molar-refractivity contribution in [1.82, 2.24) is 14.7 Å². The molecule has 2 heterocycles. The highest BCUT2D eigenvalue weighted by Gasteiger charge is 2.26. The second-order valence-corrected chi connectivity index (χ2v) is 6.75. The molecule has 0 N–H and O–H groups in total. The molecule has 1 aromatic heterocycles. The van der Waals surface area contributed by atoms with Gasteiger partial charge in [0.1, 0.15) is 0 Å². The highest BCUT2D eigenvalue weighted by atomic mass is 16.5. The van der Waals surface area contributed by atoms with E-state index in [4.69, 9.17) is 4.74 Å². The number of nitrogens with zero attached hydrogens (tertiary/aromatic N) is 3. The highest BCUT2D eigenvalue weighted by molar-refractivity contribution is 5.94. The molecular formula is C19H25N3O2. The fraction of sp³-hybridized carbons (Fsp3) is 0.474. The second-order valence-electron chi connectivity index (χ2n) is 6.75. The molecule has 1 aromatic carbocycles. The van der Waals surface area contributed by atoms with Crippen molar-refractivity contribution in [2.75, 3.05) is 13.1 Å². The molecule has 128 valence electrons.